The van der Waals surface area contributed by atoms with Gasteiger partial charge in [0.05, 0.1) is 22.1 Å². The van der Waals surface area contributed by atoms with E-state index in [0.717, 1.165) is 22.7 Å². The molecule has 0 unspecified atom stereocenters. The first-order valence-electron chi connectivity index (χ1n) is 23.9. The van der Waals surface area contributed by atoms with Gasteiger partial charge in [-0.05, 0) is 138 Å². The first kappa shape index (κ1) is 39.2. The van der Waals surface area contributed by atoms with Gasteiger partial charge in [0.15, 0.2) is 0 Å². The molecule has 0 saturated heterocycles. The summed E-state index contributed by atoms with van der Waals surface area (Å²) < 4.78 is 2.47. The molecule has 0 radical (unpaired) electrons. The maximum atomic E-state index is 2.47. The summed E-state index contributed by atoms with van der Waals surface area (Å²) in [5, 5.41) is 9.76. The Bertz CT molecular complexity index is 4100. The van der Waals surface area contributed by atoms with Crippen molar-refractivity contribution in [2.75, 3.05) is 4.90 Å². The molecule has 2 nitrogen and oxygen atoms in total. The zero-order valence-corrected chi connectivity index (χ0v) is 37.8. The molecule has 0 aliphatic heterocycles. The molecule has 1 aromatic heterocycles. The van der Waals surface area contributed by atoms with Crippen LogP contribution in [0.3, 0.4) is 0 Å². The Labute approximate surface area is 401 Å². The molecule has 0 N–H and O–H groups in total. The predicted octanol–water partition coefficient (Wildman–Crippen LogP) is 17.7. The van der Waals surface area contributed by atoms with Crippen molar-refractivity contribution in [2.24, 2.45) is 0 Å². The Morgan fingerprint density at radius 3 is 1.65 bits per heavy atom. The van der Waals surface area contributed by atoms with Gasteiger partial charge in [0.1, 0.15) is 0 Å². The molecule has 0 amide bonds. The quantitative estimate of drug-likeness (QED) is 0.155. The largest absolute Gasteiger partial charge is 0.310 e. The molecule has 0 bridgehead atoms. The van der Waals surface area contributed by atoms with Gasteiger partial charge in [0, 0.05) is 33.2 Å². The highest BCUT2D eigenvalue weighted by Crippen LogP contribution is 2.56. The highest BCUT2D eigenvalue weighted by Gasteiger charge is 2.46. The second-order valence-electron chi connectivity index (χ2n) is 18.5. The van der Waals surface area contributed by atoms with Gasteiger partial charge in [-0.3, -0.25) is 0 Å². The lowest BCUT2D eigenvalue weighted by molar-refractivity contribution is 0.767. The summed E-state index contributed by atoms with van der Waals surface area (Å²) in [6, 6.07) is 98.7. The Balaban J connectivity index is 0.887. The lowest BCUT2D eigenvalue weighted by Gasteiger charge is -2.34. The molecule has 0 spiro atoms. The van der Waals surface area contributed by atoms with Crippen LogP contribution in [0.5, 0.6) is 0 Å². The lowest BCUT2D eigenvalue weighted by Crippen LogP contribution is -2.28. The van der Waals surface area contributed by atoms with Gasteiger partial charge >= 0.3 is 0 Å². The normalized spacial score (nSPS) is 12.8. The zero-order valence-electron chi connectivity index (χ0n) is 37.8. The third-order valence-electron chi connectivity index (χ3n) is 14.8. The van der Waals surface area contributed by atoms with Crippen molar-refractivity contribution in [1.82, 2.24) is 4.57 Å². The number of hydrogen-bond donors (Lipinski definition) is 0. The van der Waals surface area contributed by atoms with Crippen molar-refractivity contribution in [1.29, 1.82) is 0 Å². The average Bonchev–Trinajstić information content (AvgIpc) is 3.91. The van der Waals surface area contributed by atoms with Crippen LogP contribution in [0.4, 0.5) is 17.1 Å². The van der Waals surface area contributed by atoms with Gasteiger partial charge in [-0.15, -0.1) is 0 Å². The number of fused-ring (bicyclic) bond motifs is 9. The first-order valence-corrected chi connectivity index (χ1v) is 23.9. The Morgan fingerprint density at radius 1 is 0.304 bits per heavy atom. The Morgan fingerprint density at radius 2 is 0.855 bits per heavy atom. The fourth-order valence-corrected chi connectivity index (χ4v) is 11.7. The molecule has 1 aliphatic carbocycles. The molecule has 322 valence electrons. The molecule has 1 aliphatic rings. The van der Waals surface area contributed by atoms with E-state index in [0.29, 0.717) is 0 Å². The summed E-state index contributed by atoms with van der Waals surface area (Å²) in [4.78, 5) is 2.41. The first-order chi connectivity index (χ1) is 34.2. The average molecular weight is 877 g/mol. The number of rotatable bonds is 7. The minimum absolute atomic E-state index is 0.474. The summed E-state index contributed by atoms with van der Waals surface area (Å²) in [7, 11) is 0. The molecule has 1 heterocycles. The van der Waals surface area contributed by atoms with Crippen molar-refractivity contribution in [3.05, 3.63) is 289 Å². The Hall–Kier alpha value is -8.98. The summed E-state index contributed by atoms with van der Waals surface area (Å²) in [5.41, 5.74) is 16.6. The fourth-order valence-electron chi connectivity index (χ4n) is 11.7. The molecule has 2 heteroatoms. The molecule has 0 atom stereocenters. The zero-order chi connectivity index (χ0) is 45.5. The number of aromatic nitrogens is 1. The highest BCUT2D eigenvalue weighted by molar-refractivity contribution is 6.11. The molecular weight excluding hydrogens is 833 g/mol. The van der Waals surface area contributed by atoms with E-state index in [1.807, 2.05) is 0 Å². The summed E-state index contributed by atoms with van der Waals surface area (Å²) >= 11 is 0. The minimum Gasteiger partial charge on any atom is -0.310 e. The van der Waals surface area contributed by atoms with Crippen LogP contribution in [0.2, 0.25) is 0 Å². The molecular formula is C67H44N2. The number of anilines is 3. The molecule has 14 rings (SSSR count). The second-order valence-corrected chi connectivity index (χ2v) is 18.5. The van der Waals surface area contributed by atoms with Gasteiger partial charge in [-0.2, -0.15) is 0 Å². The van der Waals surface area contributed by atoms with E-state index in [1.54, 1.807) is 0 Å². The second kappa shape index (κ2) is 15.6. The summed E-state index contributed by atoms with van der Waals surface area (Å²) in [5.74, 6) is 0. The molecule has 13 aromatic rings. The molecule has 69 heavy (non-hydrogen) atoms. The van der Waals surface area contributed by atoms with E-state index < -0.39 is 5.41 Å². The van der Waals surface area contributed by atoms with Gasteiger partial charge < -0.3 is 9.47 Å². The number of benzene rings is 12. The van der Waals surface area contributed by atoms with Crippen molar-refractivity contribution >= 4 is 71.2 Å². The van der Waals surface area contributed by atoms with Crippen molar-refractivity contribution in [3.63, 3.8) is 0 Å². The van der Waals surface area contributed by atoms with Crippen molar-refractivity contribution in [3.8, 4) is 27.9 Å². The van der Waals surface area contributed by atoms with Crippen LogP contribution in [0.1, 0.15) is 22.3 Å². The van der Waals surface area contributed by atoms with Gasteiger partial charge in [-0.1, -0.05) is 200 Å². The van der Waals surface area contributed by atoms with E-state index >= 15 is 0 Å². The number of hydrogen-bond acceptors (Lipinski definition) is 1. The maximum absolute atomic E-state index is 2.47. The summed E-state index contributed by atoms with van der Waals surface area (Å²) in [6.07, 6.45) is 0. The molecule has 12 aromatic carbocycles. The van der Waals surface area contributed by atoms with Crippen LogP contribution in [-0.2, 0) is 5.41 Å². The topological polar surface area (TPSA) is 8.17 Å². The Kier molecular flexibility index (Phi) is 8.84. The van der Waals surface area contributed by atoms with E-state index in [1.165, 1.54) is 98.6 Å². The van der Waals surface area contributed by atoms with Crippen LogP contribution >= 0.6 is 0 Å². The van der Waals surface area contributed by atoms with Crippen LogP contribution < -0.4 is 4.90 Å². The molecule has 0 fully saturated rings. The van der Waals surface area contributed by atoms with Crippen molar-refractivity contribution in [2.45, 2.75) is 5.41 Å². The highest BCUT2D eigenvalue weighted by atomic mass is 15.1. The van der Waals surface area contributed by atoms with Gasteiger partial charge in [-0.25, -0.2) is 0 Å². The van der Waals surface area contributed by atoms with Gasteiger partial charge in [0.25, 0.3) is 0 Å². The van der Waals surface area contributed by atoms with Gasteiger partial charge in [0.2, 0.25) is 0 Å². The monoisotopic (exact) mass is 876 g/mol. The number of nitrogens with zero attached hydrogens (tertiary/aromatic N) is 2. The molecule has 0 saturated carbocycles. The third-order valence-corrected chi connectivity index (χ3v) is 14.8. The van der Waals surface area contributed by atoms with E-state index in [2.05, 4.69) is 276 Å². The van der Waals surface area contributed by atoms with E-state index in [-0.39, 0.29) is 0 Å². The van der Waals surface area contributed by atoms with Crippen LogP contribution in [0.25, 0.3) is 82.1 Å². The smallest absolute Gasteiger partial charge is 0.0714 e. The lowest BCUT2D eigenvalue weighted by atomic mass is 9.67. The van der Waals surface area contributed by atoms with E-state index in [4.69, 9.17) is 0 Å². The van der Waals surface area contributed by atoms with Crippen molar-refractivity contribution < 1.29 is 0 Å². The standard InChI is InChI=1S/C67H44N2/c1-3-20-52(21-4-1)67(53-22-5-2-6-23-53)62-27-13-11-25-58(62)59-38-37-56(44-63(59)67)69-65-28-14-12-26-60(65)61-43-51(34-39-66(61)69)48-30-31-50-42-55(36-33-49(50)40-48)68(54-35-32-45-16-7-8-18-47(45)41-54)64-29-15-19-46-17-9-10-24-57(46)64/h1-44H. The van der Waals surface area contributed by atoms with E-state index in [9.17, 15) is 0 Å². The van der Waals surface area contributed by atoms with Crippen LogP contribution in [-0.4, -0.2) is 4.57 Å². The van der Waals surface area contributed by atoms with Crippen LogP contribution in [0.15, 0.2) is 267 Å². The third kappa shape index (κ3) is 6.06. The number of para-hydroxylation sites is 1. The SMILES string of the molecule is c1ccc(C2(c3ccccc3)c3ccccc3-c3ccc(-n4c5ccccc5c5cc(-c6ccc7cc(N(c8ccc9ccccc9c8)c8cccc9ccccc89)ccc7c6)ccc54)cc32)cc1. The predicted molar refractivity (Wildman–Crippen MR) is 291 cm³/mol. The minimum atomic E-state index is -0.474. The summed E-state index contributed by atoms with van der Waals surface area (Å²) in [6.45, 7) is 0. The fraction of sp³-hybridized carbons (Fsp3) is 0.0149. The van der Waals surface area contributed by atoms with Crippen LogP contribution in [0, 0.1) is 0 Å². The maximum Gasteiger partial charge on any atom is 0.0714 e.